The van der Waals surface area contributed by atoms with Gasteiger partial charge in [-0.2, -0.15) is 15.0 Å². The van der Waals surface area contributed by atoms with Crippen molar-refractivity contribution in [3.63, 3.8) is 0 Å². The quantitative estimate of drug-likeness (QED) is 0.727. The zero-order valence-corrected chi connectivity index (χ0v) is 16.1. The van der Waals surface area contributed by atoms with E-state index in [9.17, 15) is 4.39 Å². The number of rotatable bonds is 3. The molecule has 2 aliphatic rings. The lowest BCUT2D eigenvalue weighted by Gasteiger charge is -2.21. The number of hydrogen-bond donors (Lipinski definition) is 1. The molecule has 0 spiro atoms. The number of anilines is 1. The monoisotopic (exact) mass is 401 g/mol. The van der Waals surface area contributed by atoms with Crippen molar-refractivity contribution in [2.75, 3.05) is 31.1 Å². The van der Waals surface area contributed by atoms with E-state index in [4.69, 9.17) is 21.7 Å². The zero-order valence-electron chi connectivity index (χ0n) is 15.4. The molecule has 1 unspecified atom stereocenters. The molecular weight excluding hydrogens is 381 g/mol. The predicted octanol–water partition coefficient (Wildman–Crippen LogP) is 3.01. The maximum atomic E-state index is 13.6. The molecule has 3 aromatic rings. The molecular formula is C19H21ClFN7. The Labute approximate surface area is 166 Å². The molecule has 146 valence electrons. The van der Waals surface area contributed by atoms with Crippen LogP contribution in [-0.2, 0) is 0 Å². The molecule has 5 heterocycles. The molecule has 0 radical (unpaired) electrons. The molecule has 1 atom stereocenters. The van der Waals surface area contributed by atoms with Crippen LogP contribution in [0.15, 0.2) is 24.5 Å². The van der Waals surface area contributed by atoms with E-state index >= 15 is 0 Å². The maximum absolute atomic E-state index is 13.6. The fraction of sp³-hybridized carbons (Fsp3) is 0.474. The van der Waals surface area contributed by atoms with Crippen molar-refractivity contribution in [1.29, 1.82) is 0 Å². The second-order valence-electron chi connectivity index (χ2n) is 7.38. The van der Waals surface area contributed by atoms with Gasteiger partial charge in [-0.3, -0.25) is 4.98 Å². The van der Waals surface area contributed by atoms with Crippen LogP contribution in [0.4, 0.5) is 10.2 Å². The Morgan fingerprint density at radius 3 is 2.79 bits per heavy atom. The Morgan fingerprint density at radius 2 is 2.00 bits per heavy atom. The number of hydrogen-bond acceptors (Lipinski definition) is 6. The standard InChI is InChI=1S/C19H21ClFN7/c20-14-9-23-15-1-2-17(27-8-5-12(21)11-27)25-19(15)18(14)16-10-24-28(26-16)13-3-6-22-7-4-13/h1-2,9-10,12-13,22H,3-8,11H2. The Hall–Kier alpha value is -2.32. The third-order valence-electron chi connectivity index (χ3n) is 5.51. The van der Waals surface area contributed by atoms with Crippen molar-refractivity contribution in [3.8, 4) is 11.3 Å². The second-order valence-corrected chi connectivity index (χ2v) is 7.79. The van der Waals surface area contributed by atoms with Gasteiger partial charge in [-0.25, -0.2) is 9.37 Å². The Kier molecular flexibility index (Phi) is 4.60. The molecule has 0 amide bonds. The van der Waals surface area contributed by atoms with Crippen LogP contribution in [0.1, 0.15) is 25.3 Å². The summed E-state index contributed by atoms with van der Waals surface area (Å²) in [6, 6.07) is 4.08. The number of alkyl halides is 1. The summed E-state index contributed by atoms with van der Waals surface area (Å²) in [6.07, 6.45) is 5.09. The van der Waals surface area contributed by atoms with Gasteiger partial charge in [-0.05, 0) is 44.5 Å². The summed E-state index contributed by atoms with van der Waals surface area (Å²) in [6.45, 7) is 2.97. The minimum absolute atomic E-state index is 0.288. The topological polar surface area (TPSA) is 71.8 Å². The van der Waals surface area contributed by atoms with E-state index in [0.717, 1.165) is 42.8 Å². The van der Waals surface area contributed by atoms with Gasteiger partial charge in [0.2, 0.25) is 0 Å². The Morgan fingerprint density at radius 1 is 1.14 bits per heavy atom. The first kappa shape index (κ1) is 17.8. The van der Waals surface area contributed by atoms with E-state index in [1.807, 2.05) is 17.0 Å². The molecule has 2 fully saturated rings. The highest BCUT2D eigenvalue weighted by Crippen LogP contribution is 2.34. The van der Waals surface area contributed by atoms with Crippen LogP contribution < -0.4 is 10.2 Å². The molecule has 0 aliphatic carbocycles. The minimum atomic E-state index is -0.806. The number of nitrogens with zero attached hydrogens (tertiary/aromatic N) is 6. The lowest BCUT2D eigenvalue weighted by molar-refractivity contribution is 0.314. The van der Waals surface area contributed by atoms with Crippen LogP contribution in [0.25, 0.3) is 22.3 Å². The fourth-order valence-corrected chi connectivity index (χ4v) is 4.22. The molecule has 5 rings (SSSR count). The first-order valence-corrected chi connectivity index (χ1v) is 10.0. The molecule has 0 aromatic carbocycles. The first-order chi connectivity index (χ1) is 13.7. The van der Waals surface area contributed by atoms with Gasteiger partial charge in [0.1, 0.15) is 23.2 Å². The highest BCUT2D eigenvalue weighted by atomic mass is 35.5. The highest BCUT2D eigenvalue weighted by molar-refractivity contribution is 6.34. The first-order valence-electron chi connectivity index (χ1n) is 9.66. The number of pyridine rings is 2. The number of piperidine rings is 1. The lowest BCUT2D eigenvalue weighted by atomic mass is 10.1. The normalized spacial score (nSPS) is 20.9. The van der Waals surface area contributed by atoms with Crippen LogP contribution in [-0.4, -0.2) is 57.3 Å². The minimum Gasteiger partial charge on any atom is -0.354 e. The third kappa shape index (κ3) is 3.20. The third-order valence-corrected chi connectivity index (χ3v) is 5.79. The van der Waals surface area contributed by atoms with Gasteiger partial charge in [0.25, 0.3) is 0 Å². The van der Waals surface area contributed by atoms with Gasteiger partial charge in [-0.1, -0.05) is 11.6 Å². The van der Waals surface area contributed by atoms with Gasteiger partial charge in [-0.15, -0.1) is 0 Å². The molecule has 1 N–H and O–H groups in total. The molecule has 2 aliphatic heterocycles. The van der Waals surface area contributed by atoms with Crippen molar-refractivity contribution in [1.82, 2.24) is 30.3 Å². The number of halogens is 2. The maximum Gasteiger partial charge on any atom is 0.129 e. The van der Waals surface area contributed by atoms with Crippen LogP contribution >= 0.6 is 11.6 Å². The van der Waals surface area contributed by atoms with Crippen LogP contribution in [0, 0.1) is 0 Å². The number of nitrogens with one attached hydrogen (secondary N) is 1. The number of fused-ring (bicyclic) bond motifs is 1. The molecule has 7 nitrogen and oxygen atoms in total. The zero-order chi connectivity index (χ0) is 19.1. The summed E-state index contributed by atoms with van der Waals surface area (Å²) in [4.78, 5) is 12.9. The van der Waals surface area contributed by atoms with Crippen LogP contribution in [0.2, 0.25) is 5.02 Å². The Bertz CT molecular complexity index is 1000. The highest BCUT2D eigenvalue weighted by Gasteiger charge is 2.24. The van der Waals surface area contributed by atoms with Gasteiger partial charge >= 0.3 is 0 Å². The molecule has 3 aromatic heterocycles. The van der Waals surface area contributed by atoms with E-state index in [0.29, 0.717) is 35.7 Å². The summed E-state index contributed by atoms with van der Waals surface area (Å²) in [7, 11) is 0. The van der Waals surface area contributed by atoms with Crippen molar-refractivity contribution >= 4 is 28.5 Å². The van der Waals surface area contributed by atoms with Crippen molar-refractivity contribution in [2.45, 2.75) is 31.5 Å². The molecule has 9 heteroatoms. The van der Waals surface area contributed by atoms with E-state index in [1.54, 1.807) is 17.2 Å². The summed E-state index contributed by atoms with van der Waals surface area (Å²) >= 11 is 6.50. The molecule has 0 saturated carbocycles. The van der Waals surface area contributed by atoms with Gasteiger partial charge in [0, 0.05) is 12.7 Å². The molecule has 2 saturated heterocycles. The lowest BCUT2D eigenvalue weighted by Crippen LogP contribution is -2.30. The average molecular weight is 402 g/mol. The fourth-order valence-electron chi connectivity index (χ4n) is 3.98. The summed E-state index contributed by atoms with van der Waals surface area (Å²) < 4.78 is 13.6. The number of aromatic nitrogens is 5. The second kappa shape index (κ2) is 7.25. The largest absolute Gasteiger partial charge is 0.354 e. The van der Waals surface area contributed by atoms with Crippen LogP contribution in [0.3, 0.4) is 0 Å². The van der Waals surface area contributed by atoms with E-state index in [2.05, 4.69) is 15.4 Å². The van der Waals surface area contributed by atoms with E-state index in [1.165, 1.54) is 0 Å². The van der Waals surface area contributed by atoms with E-state index in [-0.39, 0.29) is 6.04 Å². The molecule has 0 bridgehead atoms. The summed E-state index contributed by atoms with van der Waals surface area (Å²) in [5.41, 5.74) is 2.82. The SMILES string of the molecule is FC1CCN(c2ccc3ncc(Cl)c(-c4cnn(C5CCNCC5)n4)c3n2)C1. The van der Waals surface area contributed by atoms with E-state index < -0.39 is 6.17 Å². The predicted molar refractivity (Wildman–Crippen MR) is 106 cm³/mol. The summed E-state index contributed by atoms with van der Waals surface area (Å²) in [5.74, 6) is 0.740. The summed E-state index contributed by atoms with van der Waals surface area (Å²) in [5, 5.41) is 13.0. The Balaban J connectivity index is 1.56. The van der Waals surface area contributed by atoms with Gasteiger partial charge in [0.15, 0.2) is 0 Å². The smallest absolute Gasteiger partial charge is 0.129 e. The van der Waals surface area contributed by atoms with Crippen molar-refractivity contribution < 1.29 is 4.39 Å². The van der Waals surface area contributed by atoms with Gasteiger partial charge < -0.3 is 10.2 Å². The van der Waals surface area contributed by atoms with Crippen LogP contribution in [0.5, 0.6) is 0 Å². The van der Waals surface area contributed by atoms with Gasteiger partial charge in [0.05, 0.1) is 34.9 Å². The molecule has 28 heavy (non-hydrogen) atoms. The van der Waals surface area contributed by atoms with Crippen molar-refractivity contribution in [2.24, 2.45) is 0 Å². The van der Waals surface area contributed by atoms with Crippen molar-refractivity contribution in [3.05, 3.63) is 29.5 Å². The average Bonchev–Trinajstić information content (AvgIpc) is 3.37.